The van der Waals surface area contributed by atoms with Crippen LogP contribution in [-0.2, 0) is 16.1 Å². The van der Waals surface area contributed by atoms with Crippen molar-refractivity contribution in [1.82, 2.24) is 34.3 Å². The molecule has 3 aromatic heterocycles. The molecule has 7 rings (SSSR count). The minimum atomic E-state index is -0.202. The molecule has 10 heteroatoms. The van der Waals surface area contributed by atoms with E-state index in [1.54, 1.807) is 13.3 Å². The molecule has 5 heterocycles. The van der Waals surface area contributed by atoms with Crippen molar-refractivity contribution in [2.45, 2.75) is 25.9 Å². The van der Waals surface area contributed by atoms with Gasteiger partial charge in [-0.05, 0) is 54.2 Å². The van der Waals surface area contributed by atoms with E-state index in [4.69, 9.17) is 19.4 Å². The lowest BCUT2D eigenvalue weighted by atomic mass is 10.0. The molecule has 2 aliphatic rings. The molecular formula is C34H37N7O3. The van der Waals surface area contributed by atoms with Crippen LogP contribution in [0, 0.1) is 12.8 Å². The van der Waals surface area contributed by atoms with Crippen molar-refractivity contribution in [3.63, 3.8) is 0 Å². The molecule has 0 saturated carbocycles. The number of hydrogen-bond acceptors (Lipinski definition) is 7. The van der Waals surface area contributed by atoms with Gasteiger partial charge in [0.2, 0.25) is 5.91 Å². The van der Waals surface area contributed by atoms with Crippen LogP contribution in [-0.4, -0.2) is 86.7 Å². The number of amides is 1. The smallest absolute Gasteiger partial charge is 0.243 e. The summed E-state index contributed by atoms with van der Waals surface area (Å²) in [4.78, 5) is 35.8. The quantitative estimate of drug-likeness (QED) is 0.279. The first-order valence-electron chi connectivity index (χ1n) is 15.2. The molecule has 0 aliphatic carbocycles. The van der Waals surface area contributed by atoms with Crippen LogP contribution in [0.2, 0.25) is 0 Å². The average Bonchev–Trinajstić information content (AvgIpc) is 3.83. The third-order valence-corrected chi connectivity index (χ3v) is 8.87. The van der Waals surface area contributed by atoms with Gasteiger partial charge < -0.3 is 23.9 Å². The molecule has 1 unspecified atom stereocenters. The first kappa shape index (κ1) is 28.2. The maximum absolute atomic E-state index is 14.1. The Balaban J connectivity index is 1.15. The number of hydrogen-bond donors (Lipinski definition) is 1. The second-order valence-corrected chi connectivity index (χ2v) is 11.7. The number of piperazine rings is 1. The first-order chi connectivity index (χ1) is 21.6. The largest absolute Gasteiger partial charge is 0.497 e. The maximum Gasteiger partial charge on any atom is 0.243 e. The van der Waals surface area contributed by atoms with Crippen LogP contribution in [0.5, 0.6) is 5.75 Å². The summed E-state index contributed by atoms with van der Waals surface area (Å²) >= 11 is 0. The second kappa shape index (κ2) is 12.2. The summed E-state index contributed by atoms with van der Waals surface area (Å²) in [6.07, 6.45) is 6.61. The first-order valence-corrected chi connectivity index (χ1v) is 15.2. The third kappa shape index (κ3) is 5.70. The van der Waals surface area contributed by atoms with Crippen molar-refractivity contribution in [2.75, 3.05) is 46.5 Å². The van der Waals surface area contributed by atoms with Crippen molar-refractivity contribution < 1.29 is 14.3 Å². The minimum Gasteiger partial charge on any atom is -0.497 e. The predicted octanol–water partition coefficient (Wildman–Crippen LogP) is 4.73. The average molecular weight is 592 g/mol. The lowest BCUT2D eigenvalue weighted by molar-refractivity contribution is -0.137. The van der Waals surface area contributed by atoms with Gasteiger partial charge in [0, 0.05) is 51.2 Å². The van der Waals surface area contributed by atoms with Crippen LogP contribution in [0.3, 0.4) is 0 Å². The Morgan fingerprint density at radius 3 is 2.70 bits per heavy atom. The van der Waals surface area contributed by atoms with Gasteiger partial charge in [-0.1, -0.05) is 30.3 Å². The summed E-state index contributed by atoms with van der Waals surface area (Å²) in [7, 11) is 1.65. The molecule has 226 valence electrons. The Morgan fingerprint density at radius 2 is 1.93 bits per heavy atom. The lowest BCUT2D eigenvalue weighted by Crippen LogP contribution is -2.52. The van der Waals surface area contributed by atoms with Crippen molar-refractivity contribution in [2.24, 2.45) is 5.92 Å². The van der Waals surface area contributed by atoms with Crippen molar-refractivity contribution in [3.05, 3.63) is 84.8 Å². The number of aromatic nitrogens is 5. The number of benzene rings is 2. The molecule has 44 heavy (non-hydrogen) atoms. The third-order valence-electron chi connectivity index (χ3n) is 8.87. The number of pyridine rings is 1. The lowest BCUT2D eigenvalue weighted by Gasteiger charge is -2.41. The number of nitrogens with zero attached hydrogens (tertiary/aromatic N) is 6. The van der Waals surface area contributed by atoms with E-state index in [2.05, 4.69) is 45.2 Å². The zero-order valence-corrected chi connectivity index (χ0v) is 25.1. The summed E-state index contributed by atoms with van der Waals surface area (Å²) in [5, 5.41) is 0. The van der Waals surface area contributed by atoms with Gasteiger partial charge in [-0.2, -0.15) is 0 Å². The summed E-state index contributed by atoms with van der Waals surface area (Å²) < 4.78 is 13.1. The number of ether oxygens (including phenoxy) is 2. The van der Waals surface area contributed by atoms with Gasteiger partial charge in [-0.15, -0.1) is 0 Å². The Bertz CT molecular complexity index is 1740. The van der Waals surface area contributed by atoms with Crippen LogP contribution in [0.15, 0.2) is 73.2 Å². The standard InChI is InChI=1S/C34H37N7O3/c1-23-37-29-10-9-28(43-2)16-31(29)41(23)21-33(42)40-14-13-39(19-24-11-15-44-22-24)20-32(40)34-36-18-30(38-34)26-7-5-25(6-8-26)27-4-3-12-35-17-27/h3-10,12,16-18,24,32H,11,13-15,19-22H2,1-2H3,(H,36,38)/t24?,32-/m0/s1. The molecule has 2 saturated heterocycles. The summed E-state index contributed by atoms with van der Waals surface area (Å²) in [5.41, 5.74) is 5.89. The number of methoxy groups -OCH3 is 1. The summed E-state index contributed by atoms with van der Waals surface area (Å²) in [5.74, 6) is 2.91. The Kier molecular flexibility index (Phi) is 7.84. The predicted molar refractivity (Wildman–Crippen MR) is 168 cm³/mol. The Hall–Kier alpha value is -4.54. The highest BCUT2D eigenvalue weighted by Gasteiger charge is 2.35. The number of rotatable bonds is 8. The topological polar surface area (TPSA) is 101 Å². The summed E-state index contributed by atoms with van der Waals surface area (Å²) in [6.45, 7) is 6.90. The maximum atomic E-state index is 14.1. The van der Waals surface area contributed by atoms with E-state index >= 15 is 0 Å². The molecule has 1 N–H and O–H groups in total. The van der Waals surface area contributed by atoms with Gasteiger partial charge in [-0.25, -0.2) is 9.97 Å². The monoisotopic (exact) mass is 591 g/mol. The van der Waals surface area contributed by atoms with Crippen LogP contribution < -0.4 is 4.74 Å². The number of carbonyl (C=O) groups excluding carboxylic acids is 1. The number of H-pyrrole nitrogens is 1. The van der Waals surface area contributed by atoms with E-state index in [0.717, 1.165) is 83.5 Å². The Labute approximate surface area is 256 Å². The SMILES string of the molecule is COc1ccc2nc(C)n(CC(=O)N3CCN(CC4CCOC4)C[C@H]3c3ncc(-c4ccc(-c5cccnc5)cc4)[nH]3)c2c1. The fraction of sp³-hybridized carbons (Fsp3) is 0.353. The summed E-state index contributed by atoms with van der Waals surface area (Å²) in [6, 6.07) is 18.0. The fourth-order valence-electron chi connectivity index (χ4n) is 6.43. The zero-order chi connectivity index (χ0) is 30.0. The molecular weight excluding hydrogens is 554 g/mol. The highest BCUT2D eigenvalue weighted by Crippen LogP contribution is 2.30. The number of aryl methyl sites for hydroxylation is 1. The van der Waals surface area contributed by atoms with Crippen molar-refractivity contribution in [1.29, 1.82) is 0 Å². The highest BCUT2D eigenvalue weighted by molar-refractivity contribution is 5.82. The van der Waals surface area contributed by atoms with Gasteiger partial charge in [0.1, 0.15) is 30.0 Å². The van der Waals surface area contributed by atoms with Crippen molar-refractivity contribution >= 4 is 16.9 Å². The van der Waals surface area contributed by atoms with Crippen molar-refractivity contribution in [3.8, 4) is 28.1 Å². The van der Waals surface area contributed by atoms with Gasteiger partial charge >= 0.3 is 0 Å². The molecule has 0 radical (unpaired) electrons. The fourth-order valence-corrected chi connectivity index (χ4v) is 6.43. The van der Waals surface area contributed by atoms with Crippen LogP contribution >= 0.6 is 0 Å². The molecule has 2 aliphatic heterocycles. The van der Waals surface area contributed by atoms with E-state index < -0.39 is 0 Å². The molecule has 10 nitrogen and oxygen atoms in total. The molecule has 1 amide bonds. The molecule has 2 aromatic carbocycles. The van der Waals surface area contributed by atoms with E-state index in [0.29, 0.717) is 19.0 Å². The number of carbonyl (C=O) groups is 1. The van der Waals surface area contributed by atoms with Gasteiger partial charge in [0.05, 0.1) is 36.6 Å². The van der Waals surface area contributed by atoms with Crippen LogP contribution in [0.1, 0.15) is 24.1 Å². The molecule has 0 spiro atoms. The van der Waals surface area contributed by atoms with Gasteiger partial charge in [-0.3, -0.25) is 14.7 Å². The zero-order valence-electron chi connectivity index (χ0n) is 25.1. The highest BCUT2D eigenvalue weighted by atomic mass is 16.5. The van der Waals surface area contributed by atoms with Gasteiger partial charge in [0.15, 0.2) is 0 Å². The second-order valence-electron chi connectivity index (χ2n) is 11.7. The van der Waals surface area contributed by atoms with E-state index in [1.165, 1.54) is 0 Å². The minimum absolute atomic E-state index is 0.0443. The van der Waals surface area contributed by atoms with Crippen LogP contribution in [0.25, 0.3) is 33.4 Å². The van der Waals surface area contributed by atoms with E-state index in [-0.39, 0.29) is 18.5 Å². The normalized spacial score (nSPS) is 19.1. The molecule has 2 atom stereocenters. The molecule has 0 bridgehead atoms. The Morgan fingerprint density at radius 1 is 1.07 bits per heavy atom. The van der Waals surface area contributed by atoms with E-state index in [9.17, 15) is 4.79 Å². The number of imidazole rings is 2. The number of nitrogens with one attached hydrogen (secondary N) is 1. The van der Waals surface area contributed by atoms with E-state index in [1.807, 2.05) is 53.0 Å². The van der Waals surface area contributed by atoms with Gasteiger partial charge in [0.25, 0.3) is 0 Å². The van der Waals surface area contributed by atoms with Crippen LogP contribution in [0.4, 0.5) is 0 Å². The molecule has 2 fully saturated rings. The number of fused-ring (bicyclic) bond motifs is 1. The molecule has 5 aromatic rings. The number of aromatic amines is 1.